The van der Waals surface area contributed by atoms with Gasteiger partial charge in [-0.2, -0.15) is 0 Å². The van der Waals surface area contributed by atoms with Crippen LogP contribution < -0.4 is 19.9 Å². The molecule has 3 aliphatic rings. The van der Waals surface area contributed by atoms with E-state index in [0.717, 1.165) is 12.8 Å². The minimum Gasteiger partial charge on any atom is -0.493 e. The van der Waals surface area contributed by atoms with Crippen molar-refractivity contribution < 1.29 is 38.5 Å². The molecule has 0 spiro atoms. The van der Waals surface area contributed by atoms with Gasteiger partial charge in [-0.1, -0.05) is 13.3 Å². The number of nitrogens with zero attached hydrogens (tertiary/aromatic N) is 4. The molecule has 13 nitrogen and oxygen atoms in total. The molecule has 0 saturated carbocycles. The van der Waals surface area contributed by atoms with Gasteiger partial charge in [0.15, 0.2) is 11.5 Å². The fourth-order valence-corrected chi connectivity index (χ4v) is 5.98. The molecule has 3 heterocycles. The van der Waals surface area contributed by atoms with Gasteiger partial charge in [0.1, 0.15) is 0 Å². The second kappa shape index (κ2) is 13.4. The number of nitrogens with two attached hydrogens (primary N) is 1. The van der Waals surface area contributed by atoms with Crippen LogP contribution in [0.3, 0.4) is 0 Å². The number of fused-ring (bicyclic) bond motifs is 1. The molecule has 0 bridgehead atoms. The predicted octanol–water partition coefficient (Wildman–Crippen LogP) is 1.15. The summed E-state index contributed by atoms with van der Waals surface area (Å²) >= 11 is 0. The van der Waals surface area contributed by atoms with Gasteiger partial charge in [-0.15, -0.1) is 0 Å². The number of carbonyl (C=O) groups is 4. The number of rotatable bonds is 13. The van der Waals surface area contributed by atoms with E-state index < -0.39 is 29.9 Å². The van der Waals surface area contributed by atoms with Crippen molar-refractivity contribution in [2.75, 3.05) is 66.8 Å². The number of carbonyl (C=O) groups excluding carboxylic acids is 3. The minimum atomic E-state index is -1.02. The number of ether oxygens (including phenoxy) is 3. The van der Waals surface area contributed by atoms with Crippen LogP contribution in [0.25, 0.3) is 0 Å². The lowest BCUT2D eigenvalue weighted by Gasteiger charge is -2.34. The molecule has 3 aliphatic heterocycles. The second-order valence-electron chi connectivity index (χ2n) is 10.7. The highest BCUT2D eigenvalue weighted by Crippen LogP contribution is 2.47. The molecule has 4 rings (SSSR count). The number of hydrogen-bond donors (Lipinski definition) is 2. The molecular formula is C28H41N5O8. The van der Waals surface area contributed by atoms with Crippen LogP contribution in [-0.2, 0) is 14.4 Å². The number of urea groups is 1. The van der Waals surface area contributed by atoms with Gasteiger partial charge in [0.2, 0.25) is 24.4 Å². The highest BCUT2D eigenvalue weighted by Gasteiger charge is 2.48. The molecule has 41 heavy (non-hydrogen) atoms. The van der Waals surface area contributed by atoms with E-state index in [1.54, 1.807) is 24.1 Å². The molecule has 1 aromatic carbocycles. The van der Waals surface area contributed by atoms with Gasteiger partial charge in [0.05, 0.1) is 19.6 Å². The van der Waals surface area contributed by atoms with Gasteiger partial charge in [0.25, 0.3) is 0 Å². The van der Waals surface area contributed by atoms with E-state index in [1.165, 1.54) is 16.9 Å². The van der Waals surface area contributed by atoms with E-state index in [2.05, 4.69) is 0 Å². The fourth-order valence-electron chi connectivity index (χ4n) is 5.98. The number of hydrogen-bond acceptors (Lipinski definition) is 9. The number of aliphatic carboxylic acids is 1. The van der Waals surface area contributed by atoms with E-state index in [9.17, 15) is 24.3 Å². The average molecular weight is 576 g/mol. The Morgan fingerprint density at radius 1 is 1.22 bits per heavy atom. The number of amides is 4. The quantitative estimate of drug-likeness (QED) is 0.350. The number of carboxylic acid groups (broad SMARTS) is 1. The number of methoxy groups -OCH3 is 1. The van der Waals surface area contributed by atoms with Crippen LogP contribution in [0.2, 0.25) is 0 Å². The smallest absolute Gasteiger partial charge is 0.326 e. The zero-order valence-corrected chi connectivity index (χ0v) is 24.0. The van der Waals surface area contributed by atoms with Crippen molar-refractivity contribution in [2.45, 2.75) is 44.6 Å². The summed E-state index contributed by atoms with van der Waals surface area (Å²) in [5, 5.41) is 10.5. The van der Waals surface area contributed by atoms with Crippen molar-refractivity contribution in [1.29, 1.82) is 0 Å². The normalized spacial score (nSPS) is 22.4. The van der Waals surface area contributed by atoms with Crippen molar-refractivity contribution in [3.05, 3.63) is 17.7 Å². The molecule has 0 aromatic heterocycles. The Bertz CT molecular complexity index is 1150. The van der Waals surface area contributed by atoms with Gasteiger partial charge in [-0.05, 0) is 30.5 Å². The third kappa shape index (κ3) is 6.51. The third-order valence-corrected chi connectivity index (χ3v) is 8.18. The molecular weight excluding hydrogens is 534 g/mol. The maximum Gasteiger partial charge on any atom is 0.326 e. The molecule has 2 saturated heterocycles. The molecule has 13 heteroatoms. The van der Waals surface area contributed by atoms with Gasteiger partial charge < -0.3 is 34.9 Å². The Morgan fingerprint density at radius 2 is 2.00 bits per heavy atom. The first-order valence-corrected chi connectivity index (χ1v) is 14.2. The van der Waals surface area contributed by atoms with Crippen LogP contribution in [0.15, 0.2) is 12.1 Å². The Labute approximate surface area is 240 Å². The largest absolute Gasteiger partial charge is 0.493 e. The molecule has 4 amide bonds. The molecule has 3 atom stereocenters. The highest BCUT2D eigenvalue weighted by molar-refractivity contribution is 5.96. The van der Waals surface area contributed by atoms with Gasteiger partial charge >= 0.3 is 12.0 Å². The lowest BCUT2D eigenvalue weighted by Crippen LogP contribution is -2.52. The summed E-state index contributed by atoms with van der Waals surface area (Å²) in [7, 11) is 3.14. The maximum absolute atomic E-state index is 13.5. The first-order valence-electron chi connectivity index (χ1n) is 14.2. The molecule has 2 fully saturated rings. The van der Waals surface area contributed by atoms with Crippen molar-refractivity contribution in [1.82, 2.24) is 19.6 Å². The molecule has 0 aliphatic carbocycles. The zero-order chi connectivity index (χ0) is 29.7. The van der Waals surface area contributed by atoms with Crippen LogP contribution >= 0.6 is 0 Å². The molecule has 0 radical (unpaired) electrons. The Hall–Kier alpha value is -3.58. The monoisotopic (exact) mass is 575 g/mol. The molecule has 3 N–H and O–H groups in total. The molecule has 1 aromatic rings. The number of unbranched alkanes of at least 4 members (excludes halogenated alkanes) is 1. The first kappa shape index (κ1) is 30.4. The summed E-state index contributed by atoms with van der Waals surface area (Å²) in [5.74, 6) is -1.50. The lowest BCUT2D eigenvalue weighted by atomic mass is 9.84. The highest BCUT2D eigenvalue weighted by atomic mass is 16.7. The number of carboxylic acids is 1. The van der Waals surface area contributed by atoms with E-state index in [-0.39, 0.29) is 51.1 Å². The minimum absolute atomic E-state index is 0.00184. The topological polar surface area (TPSA) is 155 Å². The van der Waals surface area contributed by atoms with Crippen molar-refractivity contribution in [3.63, 3.8) is 0 Å². The van der Waals surface area contributed by atoms with Crippen LogP contribution in [0.5, 0.6) is 17.2 Å². The number of imide groups is 1. The standard InChI is InChI=1S/C28H41N5O8/c1-4-5-9-31(12-8-29)24(35)16-32-15-19(18-13-21(39-3)26-22(14-18)40-17-41-26)25(27(36)37)20(32)6-11-33-23(34)7-10-30(2)28(33)38/h13-14,19-20,25H,4-12,15-17,29H2,1-3H3,(H,36,37)/t19-,20+,25?/m1/s1. The lowest BCUT2D eigenvalue weighted by molar-refractivity contribution is -0.144. The average Bonchev–Trinajstić information content (AvgIpc) is 3.57. The Morgan fingerprint density at radius 3 is 2.68 bits per heavy atom. The SMILES string of the molecule is CCCCN(CCN)C(=O)CN1C[C@H](c2cc(OC)c3c(c2)OCO3)C(C(=O)O)[C@@H]1CCN1C(=O)CCN(C)C1=O. The summed E-state index contributed by atoms with van der Waals surface area (Å²) < 4.78 is 16.6. The Balaban J connectivity index is 1.65. The van der Waals surface area contributed by atoms with Gasteiger partial charge in [0, 0.05) is 64.7 Å². The summed E-state index contributed by atoms with van der Waals surface area (Å²) in [4.78, 5) is 57.9. The summed E-state index contributed by atoms with van der Waals surface area (Å²) in [6.07, 6.45) is 2.17. The van der Waals surface area contributed by atoms with Crippen LogP contribution in [0.4, 0.5) is 4.79 Å². The Kier molecular flexibility index (Phi) is 9.92. The fraction of sp³-hybridized carbons (Fsp3) is 0.643. The van der Waals surface area contributed by atoms with E-state index >= 15 is 0 Å². The summed E-state index contributed by atoms with van der Waals surface area (Å²) in [6.45, 7) is 4.06. The van der Waals surface area contributed by atoms with E-state index in [0.29, 0.717) is 49.0 Å². The van der Waals surface area contributed by atoms with E-state index in [4.69, 9.17) is 19.9 Å². The van der Waals surface area contributed by atoms with Crippen LogP contribution in [0.1, 0.15) is 44.1 Å². The predicted molar refractivity (Wildman–Crippen MR) is 148 cm³/mol. The first-order chi connectivity index (χ1) is 19.7. The van der Waals surface area contributed by atoms with Crippen molar-refractivity contribution >= 4 is 23.8 Å². The molecule has 1 unspecified atom stereocenters. The van der Waals surface area contributed by atoms with Gasteiger partial charge in [-0.25, -0.2) is 4.79 Å². The van der Waals surface area contributed by atoms with E-state index in [1.807, 2.05) is 11.8 Å². The zero-order valence-electron chi connectivity index (χ0n) is 24.0. The number of likely N-dealkylation sites (tertiary alicyclic amines) is 1. The summed E-state index contributed by atoms with van der Waals surface area (Å²) in [5.41, 5.74) is 6.47. The van der Waals surface area contributed by atoms with Crippen LogP contribution in [-0.4, -0.2) is 121 Å². The van der Waals surface area contributed by atoms with Crippen LogP contribution in [0, 0.1) is 5.92 Å². The number of benzene rings is 1. The van der Waals surface area contributed by atoms with Crippen molar-refractivity contribution in [3.8, 4) is 17.2 Å². The maximum atomic E-state index is 13.5. The summed E-state index contributed by atoms with van der Waals surface area (Å²) in [6, 6.07) is 2.50. The second-order valence-corrected chi connectivity index (χ2v) is 10.7. The third-order valence-electron chi connectivity index (χ3n) is 8.18. The van der Waals surface area contributed by atoms with Crippen molar-refractivity contribution in [2.24, 2.45) is 11.7 Å². The molecule has 226 valence electrons. The van der Waals surface area contributed by atoms with Gasteiger partial charge in [-0.3, -0.25) is 24.2 Å².